The van der Waals surface area contributed by atoms with E-state index in [1.165, 1.54) is 0 Å². The first-order valence-corrected chi connectivity index (χ1v) is 6.24. The topological polar surface area (TPSA) is 59.0 Å². The fraction of sp³-hybridized carbons (Fsp3) is 0.333. The van der Waals surface area contributed by atoms with Gasteiger partial charge in [0.2, 0.25) is 0 Å². The second kappa shape index (κ2) is 6.05. The van der Waals surface area contributed by atoms with Crippen molar-refractivity contribution in [3.05, 3.63) is 46.8 Å². The first-order chi connectivity index (χ1) is 9.20. The fourth-order valence-electron chi connectivity index (χ4n) is 1.88. The minimum atomic E-state index is 0.636. The molecule has 0 saturated carbocycles. The zero-order chi connectivity index (χ0) is 13.7. The van der Waals surface area contributed by atoms with E-state index >= 15 is 0 Å². The van der Waals surface area contributed by atoms with Crippen molar-refractivity contribution in [3.8, 4) is 11.8 Å². The van der Waals surface area contributed by atoms with Crippen molar-refractivity contribution >= 4 is 0 Å². The SMILES string of the molecule is Cc1cc(C#N)ccc1OCCCc1conc1C. The molecule has 0 unspecified atom stereocenters. The number of hydrogen-bond donors (Lipinski definition) is 0. The maximum Gasteiger partial charge on any atom is 0.127 e. The highest BCUT2D eigenvalue weighted by Gasteiger charge is 2.04. The Morgan fingerprint density at radius 1 is 1.37 bits per heavy atom. The molecule has 1 aromatic heterocycles. The Morgan fingerprint density at radius 3 is 2.84 bits per heavy atom. The normalized spacial score (nSPS) is 10.2. The number of ether oxygens (including phenoxy) is 1. The Balaban J connectivity index is 1.83. The highest BCUT2D eigenvalue weighted by molar-refractivity contribution is 5.41. The lowest BCUT2D eigenvalue weighted by molar-refractivity contribution is 0.309. The molecule has 0 saturated heterocycles. The lowest BCUT2D eigenvalue weighted by atomic mass is 10.1. The maximum absolute atomic E-state index is 8.79. The van der Waals surface area contributed by atoms with Crippen molar-refractivity contribution in [2.75, 3.05) is 6.61 Å². The van der Waals surface area contributed by atoms with Gasteiger partial charge in [-0.05, 0) is 50.5 Å². The van der Waals surface area contributed by atoms with Crippen LogP contribution in [0.25, 0.3) is 0 Å². The third-order valence-electron chi connectivity index (χ3n) is 3.00. The Kier molecular flexibility index (Phi) is 4.19. The molecule has 19 heavy (non-hydrogen) atoms. The quantitative estimate of drug-likeness (QED) is 0.771. The summed E-state index contributed by atoms with van der Waals surface area (Å²) < 4.78 is 10.6. The summed E-state index contributed by atoms with van der Waals surface area (Å²) in [5, 5.41) is 12.6. The molecule has 0 aliphatic heterocycles. The van der Waals surface area contributed by atoms with E-state index in [2.05, 4.69) is 11.2 Å². The summed E-state index contributed by atoms with van der Waals surface area (Å²) in [6, 6.07) is 7.56. The number of rotatable bonds is 5. The van der Waals surface area contributed by atoms with Crippen LogP contribution in [0.1, 0.15) is 28.8 Å². The monoisotopic (exact) mass is 256 g/mol. The second-order valence-electron chi connectivity index (χ2n) is 4.47. The summed E-state index contributed by atoms with van der Waals surface area (Å²) in [7, 11) is 0. The van der Waals surface area contributed by atoms with E-state index in [-0.39, 0.29) is 0 Å². The van der Waals surface area contributed by atoms with Gasteiger partial charge in [-0.3, -0.25) is 0 Å². The molecule has 4 heteroatoms. The molecule has 98 valence electrons. The molecule has 0 aliphatic carbocycles. The van der Waals surface area contributed by atoms with Crippen molar-refractivity contribution in [3.63, 3.8) is 0 Å². The van der Waals surface area contributed by atoms with Gasteiger partial charge in [-0.25, -0.2) is 0 Å². The van der Waals surface area contributed by atoms with Crippen LogP contribution in [0.4, 0.5) is 0 Å². The number of benzene rings is 1. The minimum absolute atomic E-state index is 0.636. The van der Waals surface area contributed by atoms with Crippen LogP contribution in [-0.2, 0) is 6.42 Å². The van der Waals surface area contributed by atoms with Crippen molar-refractivity contribution in [2.24, 2.45) is 0 Å². The second-order valence-corrected chi connectivity index (χ2v) is 4.47. The Hall–Kier alpha value is -2.28. The predicted molar refractivity (Wildman–Crippen MR) is 71.0 cm³/mol. The Labute approximate surface area is 112 Å². The highest BCUT2D eigenvalue weighted by atomic mass is 16.5. The van der Waals surface area contributed by atoms with Gasteiger partial charge in [0.05, 0.1) is 23.9 Å². The van der Waals surface area contributed by atoms with E-state index in [1.54, 1.807) is 12.3 Å². The van der Waals surface area contributed by atoms with Gasteiger partial charge in [-0.15, -0.1) is 0 Å². The van der Waals surface area contributed by atoms with Crippen molar-refractivity contribution < 1.29 is 9.26 Å². The van der Waals surface area contributed by atoms with Crippen molar-refractivity contribution in [2.45, 2.75) is 26.7 Å². The van der Waals surface area contributed by atoms with Crippen LogP contribution >= 0.6 is 0 Å². The van der Waals surface area contributed by atoms with Gasteiger partial charge in [0, 0.05) is 5.56 Å². The zero-order valence-electron chi connectivity index (χ0n) is 11.1. The molecule has 0 aliphatic rings. The molecule has 0 fully saturated rings. The Morgan fingerprint density at radius 2 is 2.21 bits per heavy atom. The molecule has 2 aromatic rings. The first kappa shape index (κ1) is 13.2. The van der Waals surface area contributed by atoms with E-state index in [9.17, 15) is 0 Å². The average Bonchev–Trinajstić information content (AvgIpc) is 2.81. The smallest absolute Gasteiger partial charge is 0.127 e. The molecule has 0 N–H and O–H groups in total. The summed E-state index contributed by atoms with van der Waals surface area (Å²) in [6.45, 7) is 4.52. The third-order valence-corrected chi connectivity index (χ3v) is 3.00. The van der Waals surface area contributed by atoms with E-state index < -0.39 is 0 Å². The lowest BCUT2D eigenvalue weighted by Crippen LogP contribution is -2.01. The van der Waals surface area contributed by atoms with Crippen molar-refractivity contribution in [1.82, 2.24) is 5.16 Å². The van der Waals surface area contributed by atoms with Crippen LogP contribution in [0.15, 0.2) is 29.0 Å². The molecule has 0 amide bonds. The summed E-state index contributed by atoms with van der Waals surface area (Å²) >= 11 is 0. The summed E-state index contributed by atoms with van der Waals surface area (Å²) in [5.41, 5.74) is 3.71. The van der Waals surface area contributed by atoms with E-state index in [0.29, 0.717) is 12.2 Å². The number of aryl methyl sites for hydroxylation is 3. The predicted octanol–water partition coefficient (Wildman–Crippen LogP) is 3.17. The minimum Gasteiger partial charge on any atom is -0.493 e. The zero-order valence-corrected chi connectivity index (χ0v) is 11.1. The van der Waals surface area contributed by atoms with Crippen LogP contribution < -0.4 is 4.74 Å². The molecule has 4 nitrogen and oxygen atoms in total. The van der Waals surface area contributed by atoms with Gasteiger partial charge >= 0.3 is 0 Å². The number of nitrogens with zero attached hydrogens (tertiary/aromatic N) is 2. The molecule has 0 bridgehead atoms. The molecule has 1 aromatic carbocycles. The first-order valence-electron chi connectivity index (χ1n) is 6.24. The van der Waals surface area contributed by atoms with Gasteiger partial charge in [0.15, 0.2) is 0 Å². The fourth-order valence-corrected chi connectivity index (χ4v) is 1.88. The van der Waals surface area contributed by atoms with Gasteiger partial charge in [0.1, 0.15) is 12.0 Å². The van der Waals surface area contributed by atoms with Crippen LogP contribution in [-0.4, -0.2) is 11.8 Å². The molecule has 2 rings (SSSR count). The van der Waals surface area contributed by atoms with E-state index in [0.717, 1.165) is 35.4 Å². The molecule has 1 heterocycles. The third kappa shape index (κ3) is 3.35. The summed E-state index contributed by atoms with van der Waals surface area (Å²) in [6.07, 6.45) is 3.48. The standard InChI is InChI=1S/C15H16N2O2/c1-11-8-13(9-16)5-6-15(11)18-7-3-4-14-10-19-17-12(14)2/h5-6,8,10H,3-4,7H2,1-2H3. The number of aromatic nitrogens is 1. The number of hydrogen-bond acceptors (Lipinski definition) is 4. The maximum atomic E-state index is 8.79. The van der Waals surface area contributed by atoms with Gasteiger partial charge in [-0.1, -0.05) is 5.16 Å². The van der Waals surface area contributed by atoms with Crippen LogP contribution in [0, 0.1) is 25.2 Å². The van der Waals surface area contributed by atoms with E-state index in [4.69, 9.17) is 14.5 Å². The largest absolute Gasteiger partial charge is 0.493 e. The van der Waals surface area contributed by atoms with E-state index in [1.807, 2.05) is 26.0 Å². The van der Waals surface area contributed by atoms with Gasteiger partial charge in [-0.2, -0.15) is 5.26 Å². The van der Waals surface area contributed by atoms with Gasteiger partial charge in [0.25, 0.3) is 0 Å². The van der Waals surface area contributed by atoms with Crippen molar-refractivity contribution in [1.29, 1.82) is 5.26 Å². The number of nitriles is 1. The molecule has 0 radical (unpaired) electrons. The van der Waals surface area contributed by atoms with Crippen LogP contribution in [0.5, 0.6) is 5.75 Å². The average molecular weight is 256 g/mol. The molecular formula is C15H16N2O2. The molecule has 0 atom stereocenters. The highest BCUT2D eigenvalue weighted by Crippen LogP contribution is 2.19. The summed E-state index contributed by atoms with van der Waals surface area (Å²) in [4.78, 5) is 0. The van der Waals surface area contributed by atoms with Crippen LogP contribution in [0.3, 0.4) is 0 Å². The Bertz CT molecular complexity index is 596. The van der Waals surface area contributed by atoms with Crippen LogP contribution in [0.2, 0.25) is 0 Å². The summed E-state index contributed by atoms with van der Waals surface area (Å²) in [5.74, 6) is 0.834. The lowest BCUT2D eigenvalue weighted by Gasteiger charge is -2.08. The molecular weight excluding hydrogens is 240 g/mol. The van der Waals surface area contributed by atoms with Gasteiger partial charge < -0.3 is 9.26 Å². The molecule has 0 spiro atoms.